The lowest BCUT2D eigenvalue weighted by Crippen LogP contribution is -2.19. The Morgan fingerprint density at radius 3 is 2.47 bits per heavy atom. The molecule has 0 bridgehead atoms. The van der Waals surface area contributed by atoms with E-state index in [1.165, 1.54) is 41.5 Å². The van der Waals surface area contributed by atoms with Gasteiger partial charge in [-0.1, -0.05) is 12.1 Å². The van der Waals surface area contributed by atoms with E-state index in [2.05, 4.69) is 19.8 Å². The van der Waals surface area contributed by atoms with Crippen LogP contribution in [0.2, 0.25) is 0 Å². The van der Waals surface area contributed by atoms with Gasteiger partial charge in [0.1, 0.15) is 5.75 Å². The number of rotatable bonds is 5. The van der Waals surface area contributed by atoms with Gasteiger partial charge in [-0.15, -0.1) is 0 Å². The Morgan fingerprint density at radius 1 is 1.03 bits per heavy atom. The highest BCUT2D eigenvalue weighted by molar-refractivity contribution is 7.92. The minimum absolute atomic E-state index is 0.0476. The zero-order valence-corrected chi connectivity index (χ0v) is 19.7. The predicted molar refractivity (Wildman–Crippen MR) is 125 cm³/mol. The molecule has 1 aliphatic rings. The van der Waals surface area contributed by atoms with Crippen LogP contribution < -0.4 is 9.46 Å². The van der Waals surface area contributed by atoms with Crippen LogP contribution in [0.5, 0.6) is 5.75 Å². The van der Waals surface area contributed by atoms with Crippen molar-refractivity contribution in [2.75, 3.05) is 11.3 Å². The summed E-state index contributed by atoms with van der Waals surface area (Å²) >= 11 is 0. The average molecular weight is 516 g/mol. The number of anilines is 1. The minimum Gasteiger partial charge on any atom is -0.493 e. The molecule has 0 unspecified atom stereocenters. The summed E-state index contributed by atoms with van der Waals surface area (Å²) < 4.78 is 75.9. The number of ether oxygens (including phenoxy) is 1. The molecule has 2 aromatic heterocycles. The van der Waals surface area contributed by atoms with Crippen LogP contribution in [0.25, 0.3) is 11.3 Å². The van der Waals surface area contributed by atoms with E-state index < -0.39 is 21.8 Å². The second-order valence-corrected chi connectivity index (χ2v) is 9.89. The van der Waals surface area contributed by atoms with Crippen LogP contribution in [0.15, 0.2) is 72.0 Å². The van der Waals surface area contributed by atoms with Crippen molar-refractivity contribution in [3.8, 4) is 17.0 Å². The number of alkyl halides is 3. The molecule has 0 radical (unpaired) electrons. The van der Waals surface area contributed by atoms with Gasteiger partial charge >= 0.3 is 6.18 Å². The number of benzene rings is 2. The SMILES string of the molecule is Cn1nccc1-c1cc(C(F)(F)F)ccc1[C@@H]1CCOc2cc(S(=O)(=O)Nc3ncccn3)ccc21. The molecule has 36 heavy (non-hydrogen) atoms. The number of aromatic nitrogens is 4. The lowest BCUT2D eigenvalue weighted by Gasteiger charge is -2.28. The Bertz CT molecular complexity index is 1520. The highest BCUT2D eigenvalue weighted by Crippen LogP contribution is 2.44. The van der Waals surface area contributed by atoms with Crippen LogP contribution in [-0.2, 0) is 23.2 Å². The lowest BCUT2D eigenvalue weighted by atomic mass is 9.83. The first kappa shape index (κ1) is 23.8. The Hall–Kier alpha value is -3.93. The van der Waals surface area contributed by atoms with Gasteiger partial charge in [0, 0.05) is 48.7 Å². The maximum atomic E-state index is 13.5. The summed E-state index contributed by atoms with van der Waals surface area (Å²) in [6.45, 7) is 0.266. The topological polar surface area (TPSA) is 99.0 Å². The summed E-state index contributed by atoms with van der Waals surface area (Å²) in [4.78, 5) is 7.70. The molecule has 5 rings (SSSR count). The summed E-state index contributed by atoms with van der Waals surface area (Å²) in [6.07, 6.45) is 0.353. The maximum Gasteiger partial charge on any atom is 0.416 e. The Labute approximate surface area is 204 Å². The van der Waals surface area contributed by atoms with Crippen molar-refractivity contribution in [2.45, 2.75) is 23.4 Å². The van der Waals surface area contributed by atoms with Crippen molar-refractivity contribution in [3.05, 3.63) is 83.8 Å². The first-order valence-corrected chi connectivity index (χ1v) is 12.4. The van der Waals surface area contributed by atoms with Gasteiger partial charge in [-0.3, -0.25) is 4.68 Å². The summed E-state index contributed by atoms with van der Waals surface area (Å²) in [6, 6.07) is 11.4. The summed E-state index contributed by atoms with van der Waals surface area (Å²) in [7, 11) is -2.33. The minimum atomic E-state index is -4.50. The van der Waals surface area contributed by atoms with E-state index in [-0.39, 0.29) is 23.4 Å². The number of nitrogens with one attached hydrogen (secondary N) is 1. The van der Waals surface area contributed by atoms with Gasteiger partial charge in [0.2, 0.25) is 5.95 Å². The van der Waals surface area contributed by atoms with Gasteiger partial charge in [-0.25, -0.2) is 23.1 Å². The molecular weight excluding hydrogens is 495 g/mol. The third-order valence-electron chi connectivity index (χ3n) is 5.98. The third kappa shape index (κ3) is 4.51. The molecule has 12 heteroatoms. The van der Waals surface area contributed by atoms with Crippen LogP contribution in [0.4, 0.5) is 19.1 Å². The molecule has 4 aromatic rings. The highest BCUT2D eigenvalue weighted by atomic mass is 32.2. The molecule has 3 heterocycles. The fourth-order valence-electron chi connectivity index (χ4n) is 4.29. The Morgan fingerprint density at radius 2 is 1.78 bits per heavy atom. The molecule has 0 fully saturated rings. The standard InChI is InChI=1S/C24H20F3N5O3S/c1-32-21(7-11-30-32)20-13-15(24(25,26)27)3-5-17(20)18-8-12-35-22-14-16(4-6-19(18)22)36(33,34)31-23-28-9-2-10-29-23/h2-7,9-11,13-14,18H,8,12H2,1H3,(H,28,29,31)/t18-/m0/s1. The van der Waals surface area contributed by atoms with Crippen molar-refractivity contribution in [2.24, 2.45) is 7.05 Å². The molecular formula is C24H20F3N5O3S. The van der Waals surface area contributed by atoms with Gasteiger partial charge in [0.05, 0.1) is 22.8 Å². The van der Waals surface area contributed by atoms with E-state index in [1.807, 2.05) is 0 Å². The van der Waals surface area contributed by atoms with E-state index in [0.717, 1.165) is 12.1 Å². The molecule has 0 amide bonds. The van der Waals surface area contributed by atoms with E-state index >= 15 is 0 Å². The summed E-state index contributed by atoms with van der Waals surface area (Å²) in [5, 5.41) is 4.12. The Kier molecular flexibility index (Phi) is 5.91. The predicted octanol–water partition coefficient (Wildman–Crippen LogP) is 4.61. The van der Waals surface area contributed by atoms with Gasteiger partial charge < -0.3 is 4.74 Å². The zero-order chi connectivity index (χ0) is 25.5. The molecule has 186 valence electrons. The van der Waals surface area contributed by atoms with Gasteiger partial charge in [0.25, 0.3) is 10.0 Å². The number of fused-ring (bicyclic) bond motifs is 1. The van der Waals surface area contributed by atoms with Gasteiger partial charge in [0.15, 0.2) is 0 Å². The lowest BCUT2D eigenvalue weighted by molar-refractivity contribution is -0.137. The second kappa shape index (κ2) is 8.94. The molecule has 1 N–H and O–H groups in total. The fourth-order valence-corrected chi connectivity index (χ4v) is 5.26. The zero-order valence-electron chi connectivity index (χ0n) is 18.9. The molecule has 1 aliphatic heterocycles. The fraction of sp³-hybridized carbons (Fsp3) is 0.208. The van der Waals surface area contributed by atoms with E-state index in [9.17, 15) is 21.6 Å². The molecule has 1 atom stereocenters. The summed E-state index contributed by atoms with van der Waals surface area (Å²) in [5.74, 6) is -0.0401. The quantitative estimate of drug-likeness (QED) is 0.417. The van der Waals surface area contributed by atoms with Gasteiger partial charge in [-0.2, -0.15) is 18.3 Å². The molecule has 0 saturated heterocycles. The second-order valence-electron chi connectivity index (χ2n) is 8.21. The molecule has 8 nitrogen and oxygen atoms in total. The normalized spacial score (nSPS) is 15.7. The number of hydrogen-bond donors (Lipinski definition) is 1. The van der Waals surface area contributed by atoms with Crippen molar-refractivity contribution in [1.82, 2.24) is 19.7 Å². The number of nitrogens with zero attached hydrogens (tertiary/aromatic N) is 4. The number of halogens is 3. The Balaban J connectivity index is 1.56. The number of sulfonamides is 1. The summed E-state index contributed by atoms with van der Waals surface area (Å²) in [5.41, 5.74) is 1.53. The third-order valence-corrected chi connectivity index (χ3v) is 7.31. The monoisotopic (exact) mass is 515 g/mol. The van der Waals surface area contributed by atoms with Crippen LogP contribution in [-0.4, -0.2) is 34.8 Å². The van der Waals surface area contributed by atoms with E-state index in [1.54, 1.807) is 25.2 Å². The molecule has 0 spiro atoms. The van der Waals surface area contributed by atoms with E-state index in [4.69, 9.17) is 4.74 Å². The molecule has 2 aromatic carbocycles. The molecule has 0 saturated carbocycles. The largest absolute Gasteiger partial charge is 0.493 e. The van der Waals surface area contributed by atoms with Gasteiger partial charge in [-0.05, 0) is 42.3 Å². The van der Waals surface area contributed by atoms with E-state index in [0.29, 0.717) is 34.6 Å². The van der Waals surface area contributed by atoms with Crippen molar-refractivity contribution in [1.29, 1.82) is 0 Å². The maximum absolute atomic E-state index is 13.5. The number of hydrogen-bond acceptors (Lipinski definition) is 6. The molecule has 0 aliphatic carbocycles. The van der Waals surface area contributed by atoms with Crippen LogP contribution in [0, 0.1) is 0 Å². The first-order chi connectivity index (χ1) is 17.1. The van der Waals surface area contributed by atoms with Crippen LogP contribution in [0.1, 0.15) is 29.0 Å². The highest BCUT2D eigenvalue weighted by Gasteiger charge is 2.33. The van der Waals surface area contributed by atoms with Crippen LogP contribution in [0.3, 0.4) is 0 Å². The van der Waals surface area contributed by atoms with Crippen molar-refractivity contribution >= 4 is 16.0 Å². The van der Waals surface area contributed by atoms with Crippen LogP contribution >= 0.6 is 0 Å². The van der Waals surface area contributed by atoms with Crippen molar-refractivity contribution < 1.29 is 26.3 Å². The first-order valence-electron chi connectivity index (χ1n) is 10.9. The smallest absolute Gasteiger partial charge is 0.416 e. The average Bonchev–Trinajstić information content (AvgIpc) is 3.28. The number of aryl methyl sites for hydroxylation is 1. The van der Waals surface area contributed by atoms with Crippen molar-refractivity contribution in [3.63, 3.8) is 0 Å².